The summed E-state index contributed by atoms with van der Waals surface area (Å²) in [5, 5.41) is 2.95. The van der Waals surface area contributed by atoms with Crippen molar-refractivity contribution in [2.24, 2.45) is 0 Å². The molecule has 0 radical (unpaired) electrons. The van der Waals surface area contributed by atoms with Gasteiger partial charge < -0.3 is 10.1 Å². The zero-order valence-corrected chi connectivity index (χ0v) is 12.7. The minimum atomic E-state index is -0.453. The zero-order valence-electron chi connectivity index (χ0n) is 12.7. The van der Waals surface area contributed by atoms with Crippen LogP contribution < -0.4 is 10.1 Å². The minimum Gasteiger partial charge on any atom is -0.481 e. The second-order valence-electron chi connectivity index (χ2n) is 5.72. The lowest BCUT2D eigenvalue weighted by Gasteiger charge is -2.20. The highest BCUT2D eigenvalue weighted by Gasteiger charge is 2.17. The molecular weight excluding hydrogens is 250 g/mol. The molecule has 2 atom stereocenters. The van der Waals surface area contributed by atoms with Crippen LogP contribution in [-0.4, -0.2) is 18.1 Å². The number of hydrogen-bond acceptors (Lipinski definition) is 2. The number of fused-ring (bicyclic) bond motifs is 1. The molecule has 0 heterocycles. The van der Waals surface area contributed by atoms with Crippen LogP contribution in [-0.2, 0) is 17.6 Å². The van der Waals surface area contributed by atoms with E-state index in [1.165, 1.54) is 30.4 Å². The van der Waals surface area contributed by atoms with Crippen LogP contribution in [0.4, 0.5) is 0 Å². The smallest absolute Gasteiger partial charge is 0.260 e. The van der Waals surface area contributed by atoms with Gasteiger partial charge >= 0.3 is 0 Å². The van der Waals surface area contributed by atoms with Gasteiger partial charge in [-0.25, -0.2) is 0 Å². The third kappa shape index (κ3) is 3.75. The van der Waals surface area contributed by atoms with Gasteiger partial charge in [-0.15, -0.1) is 0 Å². The summed E-state index contributed by atoms with van der Waals surface area (Å²) in [6.45, 7) is 5.86. The SMILES string of the molecule is CC[C@@H](C)NC(=O)[C@H](C)Oc1ccc2c(c1)CCCC2. The monoisotopic (exact) mass is 275 g/mol. The topological polar surface area (TPSA) is 38.3 Å². The summed E-state index contributed by atoms with van der Waals surface area (Å²) in [5.41, 5.74) is 2.81. The molecule has 1 aliphatic carbocycles. The van der Waals surface area contributed by atoms with Crippen molar-refractivity contribution in [2.75, 3.05) is 0 Å². The van der Waals surface area contributed by atoms with Gasteiger partial charge in [0.2, 0.25) is 0 Å². The van der Waals surface area contributed by atoms with E-state index in [-0.39, 0.29) is 11.9 Å². The quantitative estimate of drug-likeness (QED) is 0.896. The third-order valence-electron chi connectivity index (χ3n) is 4.00. The van der Waals surface area contributed by atoms with E-state index >= 15 is 0 Å². The van der Waals surface area contributed by atoms with Crippen molar-refractivity contribution in [3.63, 3.8) is 0 Å². The zero-order chi connectivity index (χ0) is 14.5. The molecule has 3 heteroatoms. The maximum Gasteiger partial charge on any atom is 0.260 e. The van der Waals surface area contributed by atoms with Gasteiger partial charge in [0.1, 0.15) is 5.75 Å². The molecule has 3 nitrogen and oxygen atoms in total. The van der Waals surface area contributed by atoms with Gasteiger partial charge in [-0.1, -0.05) is 13.0 Å². The molecule has 0 aliphatic heterocycles. The number of nitrogens with one attached hydrogen (secondary N) is 1. The Morgan fingerprint density at radius 2 is 1.95 bits per heavy atom. The minimum absolute atomic E-state index is 0.0444. The van der Waals surface area contributed by atoms with Crippen LogP contribution in [0.2, 0.25) is 0 Å². The summed E-state index contributed by atoms with van der Waals surface area (Å²) >= 11 is 0. The summed E-state index contributed by atoms with van der Waals surface area (Å²) in [6, 6.07) is 6.42. The van der Waals surface area contributed by atoms with Crippen molar-refractivity contribution in [3.05, 3.63) is 29.3 Å². The Hall–Kier alpha value is -1.51. The van der Waals surface area contributed by atoms with Crippen LogP contribution in [0.3, 0.4) is 0 Å². The number of rotatable bonds is 5. The molecule has 0 unspecified atom stereocenters. The first kappa shape index (κ1) is 14.9. The first-order valence-corrected chi connectivity index (χ1v) is 7.69. The molecule has 1 amide bonds. The average Bonchev–Trinajstić information content (AvgIpc) is 2.46. The van der Waals surface area contributed by atoms with Gasteiger partial charge in [-0.2, -0.15) is 0 Å². The van der Waals surface area contributed by atoms with Crippen molar-refractivity contribution in [1.82, 2.24) is 5.32 Å². The Labute approximate surface area is 121 Å². The number of aryl methyl sites for hydroxylation is 2. The molecule has 0 aromatic heterocycles. The molecule has 20 heavy (non-hydrogen) atoms. The summed E-state index contributed by atoms with van der Waals surface area (Å²) < 4.78 is 5.78. The predicted molar refractivity (Wildman–Crippen MR) is 81.1 cm³/mol. The standard InChI is InChI=1S/C17H25NO2/c1-4-12(2)18-17(19)13(3)20-16-10-9-14-7-5-6-8-15(14)11-16/h9-13H,4-8H2,1-3H3,(H,18,19)/t12-,13+/m1/s1. The third-order valence-corrected chi connectivity index (χ3v) is 4.00. The molecule has 0 saturated carbocycles. The van der Waals surface area contributed by atoms with E-state index in [9.17, 15) is 4.79 Å². The molecule has 0 spiro atoms. The first-order valence-electron chi connectivity index (χ1n) is 7.69. The number of carbonyl (C=O) groups is 1. The largest absolute Gasteiger partial charge is 0.481 e. The van der Waals surface area contributed by atoms with Crippen LogP contribution in [0.25, 0.3) is 0 Å². The fourth-order valence-electron chi connectivity index (χ4n) is 2.50. The summed E-state index contributed by atoms with van der Waals surface area (Å²) in [4.78, 5) is 12.0. The molecule has 1 aliphatic rings. The van der Waals surface area contributed by atoms with Gasteiger partial charge in [-0.05, 0) is 69.2 Å². The van der Waals surface area contributed by atoms with E-state index in [4.69, 9.17) is 4.74 Å². The molecule has 1 aromatic carbocycles. The van der Waals surface area contributed by atoms with E-state index < -0.39 is 6.10 Å². The summed E-state index contributed by atoms with van der Waals surface area (Å²) in [5.74, 6) is 0.759. The Morgan fingerprint density at radius 1 is 1.25 bits per heavy atom. The Bertz CT molecular complexity index is 470. The molecular formula is C17H25NO2. The van der Waals surface area contributed by atoms with Crippen LogP contribution >= 0.6 is 0 Å². The Balaban J connectivity index is 1.97. The highest BCUT2D eigenvalue weighted by atomic mass is 16.5. The van der Waals surface area contributed by atoms with Crippen molar-refractivity contribution >= 4 is 5.91 Å². The first-order chi connectivity index (χ1) is 9.60. The van der Waals surface area contributed by atoms with Gasteiger partial charge in [0.15, 0.2) is 6.10 Å². The highest BCUT2D eigenvalue weighted by Crippen LogP contribution is 2.25. The Morgan fingerprint density at radius 3 is 2.65 bits per heavy atom. The van der Waals surface area contributed by atoms with Crippen molar-refractivity contribution in [3.8, 4) is 5.75 Å². The van der Waals surface area contributed by atoms with Crippen molar-refractivity contribution in [2.45, 2.75) is 65.0 Å². The van der Waals surface area contributed by atoms with Gasteiger partial charge in [0.05, 0.1) is 0 Å². The summed E-state index contributed by atoms with van der Waals surface area (Å²) in [7, 11) is 0. The fourth-order valence-corrected chi connectivity index (χ4v) is 2.50. The average molecular weight is 275 g/mol. The van der Waals surface area contributed by atoms with Crippen LogP contribution in [0.5, 0.6) is 5.75 Å². The highest BCUT2D eigenvalue weighted by molar-refractivity contribution is 5.80. The molecule has 0 saturated heterocycles. The van der Waals surface area contributed by atoms with Crippen LogP contribution in [0.15, 0.2) is 18.2 Å². The molecule has 0 bridgehead atoms. The molecule has 2 rings (SSSR count). The van der Waals surface area contributed by atoms with E-state index in [0.29, 0.717) is 0 Å². The molecule has 1 N–H and O–H groups in total. The number of benzene rings is 1. The summed E-state index contributed by atoms with van der Waals surface area (Å²) in [6.07, 6.45) is 5.30. The van der Waals surface area contributed by atoms with E-state index in [0.717, 1.165) is 18.6 Å². The fraction of sp³-hybridized carbons (Fsp3) is 0.588. The van der Waals surface area contributed by atoms with E-state index in [1.54, 1.807) is 6.92 Å². The number of amides is 1. The lowest BCUT2D eigenvalue weighted by Crippen LogP contribution is -2.41. The van der Waals surface area contributed by atoms with E-state index in [2.05, 4.69) is 24.4 Å². The predicted octanol–water partition coefficient (Wildman–Crippen LogP) is 3.25. The van der Waals surface area contributed by atoms with Crippen molar-refractivity contribution < 1.29 is 9.53 Å². The normalized spacial score (nSPS) is 16.9. The lowest BCUT2D eigenvalue weighted by atomic mass is 9.92. The molecule has 1 aromatic rings. The van der Waals surface area contributed by atoms with E-state index in [1.807, 2.05) is 13.0 Å². The van der Waals surface area contributed by atoms with Crippen LogP contribution in [0.1, 0.15) is 51.2 Å². The lowest BCUT2D eigenvalue weighted by molar-refractivity contribution is -0.127. The van der Waals surface area contributed by atoms with Crippen molar-refractivity contribution in [1.29, 1.82) is 0 Å². The van der Waals surface area contributed by atoms with Gasteiger partial charge in [0.25, 0.3) is 5.91 Å². The Kier molecular flexibility index (Phi) is 5.05. The molecule has 110 valence electrons. The number of ether oxygens (including phenoxy) is 1. The van der Waals surface area contributed by atoms with Crippen LogP contribution in [0, 0.1) is 0 Å². The second kappa shape index (κ2) is 6.78. The maximum atomic E-state index is 12.0. The van der Waals surface area contributed by atoms with Gasteiger partial charge in [0, 0.05) is 6.04 Å². The number of hydrogen-bond donors (Lipinski definition) is 1. The number of carbonyl (C=O) groups excluding carboxylic acids is 1. The molecule has 0 fully saturated rings. The maximum absolute atomic E-state index is 12.0. The van der Waals surface area contributed by atoms with Gasteiger partial charge in [-0.3, -0.25) is 4.79 Å². The second-order valence-corrected chi connectivity index (χ2v) is 5.72.